The molecule has 2 aromatic carbocycles. The molecule has 0 spiro atoms. The number of aryl methyl sites for hydroxylation is 3. The number of amides is 1. The molecule has 0 radical (unpaired) electrons. The first-order valence-electron chi connectivity index (χ1n) is 7.76. The minimum atomic E-state index is -0.141. The Morgan fingerprint density at radius 1 is 1.17 bits per heavy atom. The molecule has 0 atom stereocenters. The molecule has 1 heterocycles. The van der Waals surface area contributed by atoms with Gasteiger partial charge in [-0.05, 0) is 31.0 Å². The van der Waals surface area contributed by atoms with E-state index in [0.717, 1.165) is 27.1 Å². The quantitative estimate of drug-likeness (QED) is 0.732. The SMILES string of the molecule is COc1ccc(C)c2sc(=NC(=O)Cc3ccc(C)cc3)n(C)c12. The van der Waals surface area contributed by atoms with E-state index in [2.05, 4.69) is 11.9 Å². The van der Waals surface area contributed by atoms with Gasteiger partial charge in [-0.1, -0.05) is 47.2 Å². The molecule has 24 heavy (non-hydrogen) atoms. The summed E-state index contributed by atoms with van der Waals surface area (Å²) in [6.45, 7) is 4.08. The topological polar surface area (TPSA) is 43.6 Å². The lowest BCUT2D eigenvalue weighted by molar-refractivity contribution is -0.117. The Labute approximate surface area is 145 Å². The monoisotopic (exact) mass is 340 g/mol. The number of methoxy groups -OCH3 is 1. The van der Waals surface area contributed by atoms with E-state index in [0.29, 0.717) is 11.2 Å². The molecule has 0 N–H and O–H groups in total. The van der Waals surface area contributed by atoms with E-state index in [4.69, 9.17) is 4.74 Å². The smallest absolute Gasteiger partial charge is 0.252 e. The molecule has 3 aromatic rings. The van der Waals surface area contributed by atoms with Crippen molar-refractivity contribution in [1.82, 2.24) is 4.57 Å². The van der Waals surface area contributed by atoms with Crippen LogP contribution in [0.5, 0.6) is 5.75 Å². The average Bonchev–Trinajstić information content (AvgIpc) is 2.88. The molecule has 0 saturated heterocycles. The van der Waals surface area contributed by atoms with Crippen molar-refractivity contribution in [1.29, 1.82) is 0 Å². The summed E-state index contributed by atoms with van der Waals surface area (Å²) in [6.07, 6.45) is 0.310. The highest BCUT2D eigenvalue weighted by Crippen LogP contribution is 2.29. The Bertz CT molecular complexity index is 965. The summed E-state index contributed by atoms with van der Waals surface area (Å²) in [5.74, 6) is 0.652. The van der Waals surface area contributed by atoms with Crippen molar-refractivity contribution >= 4 is 27.5 Å². The Morgan fingerprint density at radius 3 is 2.54 bits per heavy atom. The lowest BCUT2D eigenvalue weighted by Crippen LogP contribution is -2.14. The predicted octanol–water partition coefficient (Wildman–Crippen LogP) is 3.54. The van der Waals surface area contributed by atoms with E-state index in [1.807, 2.05) is 54.9 Å². The van der Waals surface area contributed by atoms with Gasteiger partial charge >= 0.3 is 0 Å². The van der Waals surface area contributed by atoms with Gasteiger partial charge in [-0.2, -0.15) is 4.99 Å². The van der Waals surface area contributed by atoms with Gasteiger partial charge in [-0.25, -0.2) is 0 Å². The number of ether oxygens (including phenoxy) is 1. The summed E-state index contributed by atoms with van der Waals surface area (Å²) < 4.78 is 8.47. The number of rotatable bonds is 3. The van der Waals surface area contributed by atoms with Crippen molar-refractivity contribution in [3.8, 4) is 5.75 Å². The van der Waals surface area contributed by atoms with Gasteiger partial charge in [0.05, 0.1) is 18.2 Å². The number of carbonyl (C=O) groups excluding carboxylic acids is 1. The van der Waals surface area contributed by atoms with Crippen molar-refractivity contribution in [2.24, 2.45) is 12.0 Å². The molecular weight excluding hydrogens is 320 g/mol. The standard InChI is InChI=1S/C19H20N2O2S/c1-12-5-8-14(9-6-12)11-16(22)20-19-21(3)17-15(23-4)10-7-13(2)18(17)24-19/h5-10H,11H2,1-4H3. The molecule has 0 aliphatic rings. The third-order valence-corrected chi connectivity index (χ3v) is 5.29. The average molecular weight is 340 g/mol. The van der Waals surface area contributed by atoms with Crippen molar-refractivity contribution in [2.75, 3.05) is 7.11 Å². The van der Waals surface area contributed by atoms with Gasteiger partial charge in [0, 0.05) is 7.05 Å². The van der Waals surface area contributed by atoms with Gasteiger partial charge in [-0.15, -0.1) is 0 Å². The number of aromatic nitrogens is 1. The summed E-state index contributed by atoms with van der Waals surface area (Å²) in [5, 5.41) is 0. The number of carbonyl (C=O) groups is 1. The third-order valence-electron chi connectivity index (χ3n) is 4.02. The maximum absolute atomic E-state index is 12.3. The lowest BCUT2D eigenvalue weighted by Gasteiger charge is -2.05. The second kappa shape index (κ2) is 6.61. The van der Waals surface area contributed by atoms with Gasteiger partial charge in [0.15, 0.2) is 4.80 Å². The molecular formula is C19H20N2O2S. The molecule has 0 bridgehead atoms. The highest BCUT2D eigenvalue weighted by molar-refractivity contribution is 7.16. The Hall–Kier alpha value is -2.40. The van der Waals surface area contributed by atoms with E-state index in [-0.39, 0.29) is 5.91 Å². The zero-order valence-electron chi connectivity index (χ0n) is 14.3. The number of benzene rings is 2. The molecule has 1 aromatic heterocycles. The number of hydrogen-bond donors (Lipinski definition) is 0. The normalized spacial score (nSPS) is 11.9. The summed E-state index contributed by atoms with van der Waals surface area (Å²) >= 11 is 1.52. The first-order valence-corrected chi connectivity index (χ1v) is 8.57. The number of hydrogen-bond acceptors (Lipinski definition) is 3. The largest absolute Gasteiger partial charge is 0.495 e. The van der Waals surface area contributed by atoms with Crippen LogP contribution < -0.4 is 9.54 Å². The second-order valence-electron chi connectivity index (χ2n) is 5.87. The molecule has 0 fully saturated rings. The van der Waals surface area contributed by atoms with E-state index < -0.39 is 0 Å². The van der Waals surface area contributed by atoms with E-state index in [9.17, 15) is 4.79 Å². The van der Waals surface area contributed by atoms with Crippen molar-refractivity contribution in [3.63, 3.8) is 0 Å². The van der Waals surface area contributed by atoms with Crippen LogP contribution in [0.2, 0.25) is 0 Å². The fourth-order valence-corrected chi connectivity index (χ4v) is 3.77. The summed E-state index contributed by atoms with van der Waals surface area (Å²) in [5.41, 5.74) is 4.29. The van der Waals surface area contributed by atoms with Crippen molar-refractivity contribution < 1.29 is 9.53 Å². The summed E-state index contributed by atoms with van der Waals surface area (Å²) in [6, 6.07) is 11.9. The predicted molar refractivity (Wildman–Crippen MR) is 97.5 cm³/mol. The van der Waals surface area contributed by atoms with Gasteiger partial charge in [-0.3, -0.25) is 4.79 Å². The molecule has 0 saturated carbocycles. The van der Waals surface area contributed by atoms with Gasteiger partial charge in [0.1, 0.15) is 11.3 Å². The van der Waals surface area contributed by atoms with Crippen LogP contribution in [0.1, 0.15) is 16.7 Å². The van der Waals surface area contributed by atoms with Crippen LogP contribution in [-0.4, -0.2) is 17.6 Å². The highest BCUT2D eigenvalue weighted by atomic mass is 32.1. The highest BCUT2D eigenvalue weighted by Gasteiger charge is 2.12. The Morgan fingerprint density at radius 2 is 1.88 bits per heavy atom. The third kappa shape index (κ3) is 3.12. The van der Waals surface area contributed by atoms with Crippen LogP contribution in [0.15, 0.2) is 41.4 Å². The summed E-state index contributed by atoms with van der Waals surface area (Å²) in [4.78, 5) is 17.3. The minimum absolute atomic E-state index is 0.141. The lowest BCUT2D eigenvalue weighted by atomic mass is 10.1. The first kappa shape index (κ1) is 16.5. The molecule has 0 aliphatic carbocycles. The molecule has 5 heteroatoms. The number of nitrogens with zero attached hydrogens (tertiary/aromatic N) is 2. The molecule has 3 rings (SSSR count). The fourth-order valence-electron chi connectivity index (χ4n) is 2.65. The first-order chi connectivity index (χ1) is 11.5. The number of fused-ring (bicyclic) bond motifs is 1. The fraction of sp³-hybridized carbons (Fsp3) is 0.263. The van der Waals surface area contributed by atoms with Crippen LogP contribution in [0.25, 0.3) is 10.2 Å². The molecule has 124 valence electrons. The molecule has 0 aliphatic heterocycles. The van der Waals surface area contributed by atoms with Crippen LogP contribution >= 0.6 is 11.3 Å². The van der Waals surface area contributed by atoms with Crippen molar-refractivity contribution in [2.45, 2.75) is 20.3 Å². The molecule has 1 amide bonds. The zero-order chi connectivity index (χ0) is 17.3. The second-order valence-corrected chi connectivity index (χ2v) is 6.85. The molecule has 0 unspecified atom stereocenters. The minimum Gasteiger partial charge on any atom is -0.495 e. The van der Waals surface area contributed by atoms with Gasteiger partial charge in [0.2, 0.25) is 0 Å². The van der Waals surface area contributed by atoms with Gasteiger partial charge < -0.3 is 9.30 Å². The van der Waals surface area contributed by atoms with Gasteiger partial charge in [0.25, 0.3) is 5.91 Å². The zero-order valence-corrected chi connectivity index (χ0v) is 15.1. The van der Waals surface area contributed by atoms with E-state index in [1.165, 1.54) is 16.9 Å². The van der Waals surface area contributed by atoms with Crippen LogP contribution in [0.3, 0.4) is 0 Å². The van der Waals surface area contributed by atoms with E-state index in [1.54, 1.807) is 7.11 Å². The summed E-state index contributed by atoms with van der Waals surface area (Å²) in [7, 11) is 3.57. The maximum atomic E-state index is 12.3. The molecule has 4 nitrogen and oxygen atoms in total. The Balaban J connectivity index is 2.00. The van der Waals surface area contributed by atoms with Crippen LogP contribution in [-0.2, 0) is 18.3 Å². The van der Waals surface area contributed by atoms with E-state index >= 15 is 0 Å². The van der Waals surface area contributed by atoms with Crippen LogP contribution in [0.4, 0.5) is 0 Å². The van der Waals surface area contributed by atoms with Crippen LogP contribution in [0, 0.1) is 13.8 Å². The Kier molecular flexibility index (Phi) is 4.53. The maximum Gasteiger partial charge on any atom is 0.252 e. The van der Waals surface area contributed by atoms with Crippen molar-refractivity contribution in [3.05, 3.63) is 57.9 Å². The number of thiazole rings is 1.